The van der Waals surface area contributed by atoms with Gasteiger partial charge >= 0.3 is 12.0 Å². The van der Waals surface area contributed by atoms with Gasteiger partial charge in [0.15, 0.2) is 6.10 Å². The van der Waals surface area contributed by atoms with Crippen molar-refractivity contribution in [2.24, 2.45) is 0 Å². The quantitative estimate of drug-likeness (QED) is 0.591. The Bertz CT molecular complexity index is 508. The van der Waals surface area contributed by atoms with E-state index >= 15 is 0 Å². The lowest BCUT2D eigenvalue weighted by Gasteiger charge is -2.13. The number of hydrogen-bond donors (Lipinski definition) is 2. The van der Waals surface area contributed by atoms with Crippen LogP contribution in [0.3, 0.4) is 0 Å². The van der Waals surface area contributed by atoms with Gasteiger partial charge in [-0.25, -0.2) is 4.79 Å². The summed E-state index contributed by atoms with van der Waals surface area (Å²) in [6.07, 6.45) is -0.810. The number of nitrogens with one attached hydrogen (secondary N) is 2. The molecule has 2 N–H and O–H groups in total. The number of amides is 3. The molecule has 0 heterocycles. The van der Waals surface area contributed by atoms with Gasteiger partial charge in [-0.3, -0.25) is 14.9 Å². The second kappa shape index (κ2) is 9.83. The number of hydrogen-bond acceptors (Lipinski definition) is 5. The molecule has 0 radical (unpaired) electrons. The molecule has 1 aromatic rings. The van der Waals surface area contributed by atoms with Crippen molar-refractivity contribution in [1.82, 2.24) is 10.6 Å². The molecular formula is C15H20N2O4S. The maximum Gasteiger partial charge on any atom is 0.321 e. The number of thioether (sulfide) groups is 1. The molecule has 1 atom stereocenters. The topological polar surface area (TPSA) is 84.5 Å². The van der Waals surface area contributed by atoms with Crippen LogP contribution in [0.25, 0.3) is 0 Å². The van der Waals surface area contributed by atoms with E-state index in [9.17, 15) is 14.4 Å². The molecule has 0 bridgehead atoms. The number of carbonyl (C=O) groups is 3. The minimum absolute atomic E-state index is 0.193. The van der Waals surface area contributed by atoms with Gasteiger partial charge in [-0.2, -0.15) is 0 Å². The van der Waals surface area contributed by atoms with Crippen molar-refractivity contribution in [1.29, 1.82) is 0 Å². The Morgan fingerprint density at radius 1 is 1.23 bits per heavy atom. The third-order valence-corrected chi connectivity index (χ3v) is 3.58. The molecule has 0 aliphatic rings. The summed E-state index contributed by atoms with van der Waals surface area (Å²) in [6.45, 7) is 3.57. The molecule has 1 aromatic carbocycles. The molecular weight excluding hydrogens is 304 g/mol. The van der Waals surface area contributed by atoms with E-state index in [-0.39, 0.29) is 6.42 Å². The van der Waals surface area contributed by atoms with Gasteiger partial charge in [0.05, 0.1) is 6.42 Å². The third kappa shape index (κ3) is 7.12. The van der Waals surface area contributed by atoms with Crippen LogP contribution in [0.1, 0.15) is 20.3 Å². The van der Waals surface area contributed by atoms with Gasteiger partial charge in [0.1, 0.15) is 0 Å². The number of carbonyl (C=O) groups excluding carboxylic acids is 3. The summed E-state index contributed by atoms with van der Waals surface area (Å²) in [5.74, 6) is -0.551. The monoisotopic (exact) mass is 324 g/mol. The number of esters is 1. The highest BCUT2D eigenvalue weighted by Gasteiger charge is 2.19. The Labute approximate surface area is 134 Å². The summed E-state index contributed by atoms with van der Waals surface area (Å²) in [5.41, 5.74) is 0. The molecule has 0 saturated heterocycles. The highest BCUT2D eigenvalue weighted by molar-refractivity contribution is 7.99. The number of rotatable bonds is 7. The minimum atomic E-state index is -1.00. The van der Waals surface area contributed by atoms with Crippen LogP contribution < -0.4 is 10.6 Å². The standard InChI is InChI=1S/C15H20N2O4S/c1-3-16-15(20)17-14(19)11(2)21-13(18)9-10-22-12-7-5-4-6-8-12/h4-8,11H,3,9-10H2,1-2H3,(H2,16,17,19,20)/t11-/m0/s1. The number of imide groups is 1. The maximum atomic E-state index is 11.6. The molecule has 6 nitrogen and oxygen atoms in total. The van der Waals surface area contributed by atoms with Crippen LogP contribution in [-0.4, -0.2) is 36.3 Å². The molecule has 1 rings (SSSR count). The summed E-state index contributed by atoms with van der Waals surface area (Å²) in [7, 11) is 0. The van der Waals surface area contributed by atoms with Gasteiger partial charge in [-0.15, -0.1) is 11.8 Å². The first-order valence-corrected chi connectivity index (χ1v) is 7.97. The highest BCUT2D eigenvalue weighted by atomic mass is 32.2. The molecule has 3 amide bonds. The van der Waals surface area contributed by atoms with Crippen molar-refractivity contribution in [3.63, 3.8) is 0 Å². The fraction of sp³-hybridized carbons (Fsp3) is 0.400. The first-order chi connectivity index (χ1) is 10.5. The molecule has 7 heteroatoms. The van der Waals surface area contributed by atoms with Crippen molar-refractivity contribution in [2.45, 2.75) is 31.3 Å². The van der Waals surface area contributed by atoms with Gasteiger partial charge in [0.2, 0.25) is 0 Å². The van der Waals surface area contributed by atoms with Crippen molar-refractivity contribution < 1.29 is 19.1 Å². The minimum Gasteiger partial charge on any atom is -0.453 e. The predicted molar refractivity (Wildman–Crippen MR) is 84.6 cm³/mol. The molecule has 22 heavy (non-hydrogen) atoms. The zero-order valence-electron chi connectivity index (χ0n) is 12.6. The van der Waals surface area contributed by atoms with Gasteiger partial charge in [-0.05, 0) is 26.0 Å². The average molecular weight is 324 g/mol. The van der Waals surface area contributed by atoms with Crippen LogP contribution in [0, 0.1) is 0 Å². The second-order valence-electron chi connectivity index (χ2n) is 4.39. The van der Waals surface area contributed by atoms with E-state index in [2.05, 4.69) is 10.6 Å². The Balaban J connectivity index is 2.26. The maximum absolute atomic E-state index is 11.6. The van der Waals surface area contributed by atoms with Crippen molar-refractivity contribution in [2.75, 3.05) is 12.3 Å². The number of ether oxygens (including phenoxy) is 1. The highest BCUT2D eigenvalue weighted by Crippen LogP contribution is 2.17. The SMILES string of the molecule is CCNC(=O)NC(=O)[C@H](C)OC(=O)CCSc1ccccc1. The molecule has 0 fully saturated rings. The van der Waals surface area contributed by atoms with Crippen molar-refractivity contribution in [3.05, 3.63) is 30.3 Å². The largest absolute Gasteiger partial charge is 0.453 e. The fourth-order valence-corrected chi connectivity index (χ4v) is 2.35. The summed E-state index contributed by atoms with van der Waals surface area (Å²) >= 11 is 1.54. The molecule has 120 valence electrons. The molecule has 0 aromatic heterocycles. The fourth-order valence-electron chi connectivity index (χ4n) is 1.50. The summed E-state index contributed by atoms with van der Waals surface area (Å²) < 4.78 is 4.98. The number of benzene rings is 1. The van der Waals surface area contributed by atoms with Crippen LogP contribution in [0.15, 0.2) is 35.2 Å². The first kappa shape index (κ1) is 18.0. The smallest absolute Gasteiger partial charge is 0.321 e. The molecule has 0 saturated carbocycles. The van der Waals surface area contributed by atoms with Crippen LogP contribution in [0.5, 0.6) is 0 Å². The van der Waals surface area contributed by atoms with Gasteiger partial charge in [0.25, 0.3) is 5.91 Å². The predicted octanol–water partition coefficient (Wildman–Crippen LogP) is 1.95. The third-order valence-electron chi connectivity index (χ3n) is 2.57. The van der Waals surface area contributed by atoms with E-state index in [1.165, 1.54) is 18.7 Å². The van der Waals surface area contributed by atoms with Crippen LogP contribution in [0.4, 0.5) is 4.79 Å². The van der Waals surface area contributed by atoms with Gasteiger partial charge < -0.3 is 10.1 Å². The Hall–Kier alpha value is -2.02. The summed E-state index contributed by atoms with van der Waals surface area (Å²) in [6, 6.07) is 9.09. The molecule has 0 aliphatic carbocycles. The lowest BCUT2D eigenvalue weighted by molar-refractivity contribution is -0.154. The Morgan fingerprint density at radius 3 is 2.55 bits per heavy atom. The van der Waals surface area contributed by atoms with Crippen LogP contribution in [-0.2, 0) is 14.3 Å². The first-order valence-electron chi connectivity index (χ1n) is 6.99. The van der Waals surface area contributed by atoms with Gasteiger partial charge in [0, 0.05) is 17.2 Å². The normalized spacial score (nSPS) is 11.4. The Morgan fingerprint density at radius 2 is 1.91 bits per heavy atom. The van der Waals surface area contributed by atoms with E-state index in [1.807, 2.05) is 30.3 Å². The van der Waals surface area contributed by atoms with E-state index in [0.29, 0.717) is 12.3 Å². The zero-order chi connectivity index (χ0) is 16.4. The second-order valence-corrected chi connectivity index (χ2v) is 5.56. The molecule has 0 spiro atoms. The van der Waals surface area contributed by atoms with E-state index in [1.54, 1.807) is 6.92 Å². The van der Waals surface area contributed by atoms with Crippen molar-refractivity contribution in [3.8, 4) is 0 Å². The van der Waals surface area contributed by atoms with E-state index in [0.717, 1.165) is 4.90 Å². The van der Waals surface area contributed by atoms with E-state index in [4.69, 9.17) is 4.74 Å². The van der Waals surface area contributed by atoms with Crippen LogP contribution >= 0.6 is 11.8 Å². The van der Waals surface area contributed by atoms with Crippen molar-refractivity contribution >= 4 is 29.7 Å². The van der Waals surface area contributed by atoms with Gasteiger partial charge in [-0.1, -0.05) is 18.2 Å². The lowest BCUT2D eigenvalue weighted by Crippen LogP contribution is -2.44. The van der Waals surface area contributed by atoms with E-state index < -0.39 is 24.0 Å². The summed E-state index contributed by atoms with van der Waals surface area (Å²) in [4.78, 5) is 35.5. The van der Waals surface area contributed by atoms with Crippen LogP contribution in [0.2, 0.25) is 0 Å². The lowest BCUT2D eigenvalue weighted by atomic mass is 10.3. The Kier molecular flexibility index (Phi) is 8.06. The number of urea groups is 1. The zero-order valence-corrected chi connectivity index (χ0v) is 13.4. The summed E-state index contributed by atoms with van der Waals surface area (Å²) in [5, 5.41) is 4.52. The average Bonchev–Trinajstić information content (AvgIpc) is 2.48. The molecule has 0 aliphatic heterocycles. The molecule has 0 unspecified atom stereocenters.